The van der Waals surface area contributed by atoms with E-state index in [-0.39, 0.29) is 17.3 Å². The zero-order valence-corrected chi connectivity index (χ0v) is 14.0. The van der Waals surface area contributed by atoms with Crippen LogP contribution >= 0.6 is 11.6 Å². The van der Waals surface area contributed by atoms with Gasteiger partial charge in [-0.25, -0.2) is 8.42 Å². The molecule has 0 saturated carbocycles. The summed E-state index contributed by atoms with van der Waals surface area (Å²) in [5.41, 5.74) is 1.15. The number of nitrogens with zero attached hydrogens (tertiary/aromatic N) is 2. The zero-order valence-electron chi connectivity index (χ0n) is 12.4. The molecule has 2 aromatic rings. The highest BCUT2D eigenvalue weighted by Crippen LogP contribution is 2.26. The molecule has 0 aliphatic heterocycles. The normalized spacial score (nSPS) is 11.0. The van der Waals surface area contributed by atoms with Crippen molar-refractivity contribution in [3.8, 4) is 0 Å². The molecule has 1 heterocycles. The average molecular weight is 354 g/mol. The first kappa shape index (κ1) is 17.2. The molecular formula is C15H16ClN3O3S. The number of pyridine rings is 1. The van der Waals surface area contributed by atoms with E-state index in [1.165, 1.54) is 0 Å². The maximum Gasteiger partial charge on any atom is 0.241 e. The van der Waals surface area contributed by atoms with Crippen LogP contribution in [0, 0.1) is 0 Å². The van der Waals surface area contributed by atoms with Crippen molar-refractivity contribution in [2.75, 3.05) is 17.1 Å². The summed E-state index contributed by atoms with van der Waals surface area (Å²) in [6.45, 7) is -0.0465. The summed E-state index contributed by atoms with van der Waals surface area (Å²) in [6.07, 6.45) is 4.27. The molecule has 8 heteroatoms. The lowest BCUT2D eigenvalue weighted by molar-refractivity contribution is -0.119. The van der Waals surface area contributed by atoms with Crippen LogP contribution in [-0.2, 0) is 21.4 Å². The van der Waals surface area contributed by atoms with E-state index in [1.54, 1.807) is 48.8 Å². The van der Waals surface area contributed by atoms with E-state index in [4.69, 9.17) is 11.6 Å². The fraction of sp³-hybridized carbons (Fsp3) is 0.200. The molecular weight excluding hydrogens is 338 g/mol. The van der Waals surface area contributed by atoms with Crippen molar-refractivity contribution in [3.05, 3.63) is 59.4 Å². The van der Waals surface area contributed by atoms with Gasteiger partial charge in [0.05, 0.1) is 17.0 Å². The Kier molecular flexibility index (Phi) is 5.57. The number of benzene rings is 1. The summed E-state index contributed by atoms with van der Waals surface area (Å²) < 4.78 is 24.9. The second-order valence-electron chi connectivity index (χ2n) is 4.85. The van der Waals surface area contributed by atoms with Crippen molar-refractivity contribution in [1.29, 1.82) is 0 Å². The lowest BCUT2D eigenvalue weighted by Gasteiger charge is -2.22. The van der Waals surface area contributed by atoms with Gasteiger partial charge in [-0.2, -0.15) is 0 Å². The quantitative estimate of drug-likeness (QED) is 0.859. The summed E-state index contributed by atoms with van der Waals surface area (Å²) >= 11 is 6.04. The highest BCUT2D eigenvalue weighted by Gasteiger charge is 2.22. The van der Waals surface area contributed by atoms with Crippen LogP contribution in [0.15, 0.2) is 48.8 Å². The highest BCUT2D eigenvalue weighted by atomic mass is 35.5. The molecule has 0 spiro atoms. The average Bonchev–Trinajstić information content (AvgIpc) is 2.51. The standard InChI is InChI=1S/C15H16ClN3O3S/c1-23(21,22)19(14-5-3-2-4-13(14)16)11-15(20)18-10-12-6-8-17-9-7-12/h2-9H,10-11H2,1H3,(H,18,20). The van der Waals surface area contributed by atoms with Gasteiger partial charge in [-0.3, -0.25) is 14.1 Å². The summed E-state index contributed by atoms with van der Waals surface area (Å²) in [5, 5.41) is 2.94. The number of amides is 1. The fourth-order valence-corrected chi connectivity index (χ4v) is 3.08. The Morgan fingerprint density at radius 2 is 1.87 bits per heavy atom. The maximum atomic E-state index is 12.1. The Balaban J connectivity index is 2.10. The number of aromatic nitrogens is 1. The minimum Gasteiger partial charge on any atom is -0.350 e. The van der Waals surface area contributed by atoms with Gasteiger partial charge < -0.3 is 5.32 Å². The van der Waals surface area contributed by atoms with Crippen molar-refractivity contribution in [2.24, 2.45) is 0 Å². The predicted molar refractivity (Wildman–Crippen MR) is 89.7 cm³/mol. The van der Waals surface area contributed by atoms with E-state index >= 15 is 0 Å². The summed E-state index contributed by atoms with van der Waals surface area (Å²) in [6, 6.07) is 10.0. The largest absolute Gasteiger partial charge is 0.350 e. The summed E-state index contributed by atoms with van der Waals surface area (Å²) in [4.78, 5) is 16.0. The van der Waals surface area contributed by atoms with Crippen LogP contribution < -0.4 is 9.62 Å². The molecule has 1 aromatic heterocycles. The molecule has 0 unspecified atom stereocenters. The van der Waals surface area contributed by atoms with Crippen LogP contribution in [0.3, 0.4) is 0 Å². The molecule has 0 atom stereocenters. The van der Waals surface area contributed by atoms with Crippen molar-refractivity contribution in [3.63, 3.8) is 0 Å². The highest BCUT2D eigenvalue weighted by molar-refractivity contribution is 7.92. The van der Waals surface area contributed by atoms with Crippen molar-refractivity contribution < 1.29 is 13.2 Å². The van der Waals surface area contributed by atoms with Crippen molar-refractivity contribution in [1.82, 2.24) is 10.3 Å². The van der Waals surface area contributed by atoms with Gasteiger partial charge in [0.1, 0.15) is 6.54 Å². The molecule has 0 radical (unpaired) electrons. The third-order valence-electron chi connectivity index (χ3n) is 3.05. The summed E-state index contributed by atoms with van der Waals surface area (Å²) in [5.74, 6) is -0.424. The number of sulfonamides is 1. The topological polar surface area (TPSA) is 79.4 Å². The molecule has 0 bridgehead atoms. The molecule has 0 aliphatic carbocycles. The molecule has 1 N–H and O–H groups in total. The number of rotatable bonds is 6. The van der Waals surface area contributed by atoms with E-state index in [2.05, 4.69) is 10.3 Å². The van der Waals surface area contributed by atoms with Gasteiger partial charge in [0.25, 0.3) is 0 Å². The molecule has 1 aromatic carbocycles. The lowest BCUT2D eigenvalue weighted by atomic mass is 10.2. The molecule has 6 nitrogen and oxygen atoms in total. The number of halogens is 1. The van der Waals surface area contributed by atoms with Gasteiger partial charge in [0, 0.05) is 18.9 Å². The number of carbonyl (C=O) groups excluding carboxylic acids is 1. The van der Waals surface area contributed by atoms with Gasteiger partial charge in [-0.1, -0.05) is 23.7 Å². The van der Waals surface area contributed by atoms with E-state index in [0.29, 0.717) is 6.54 Å². The monoisotopic (exact) mass is 353 g/mol. The maximum absolute atomic E-state index is 12.1. The molecule has 2 rings (SSSR count). The zero-order chi connectivity index (χ0) is 16.9. The number of para-hydroxylation sites is 1. The predicted octanol–water partition coefficient (Wildman–Crippen LogP) is 1.82. The van der Waals surface area contributed by atoms with E-state index in [9.17, 15) is 13.2 Å². The van der Waals surface area contributed by atoms with Crippen molar-refractivity contribution in [2.45, 2.75) is 6.54 Å². The number of carbonyl (C=O) groups is 1. The summed E-state index contributed by atoms with van der Waals surface area (Å²) in [7, 11) is -3.64. The number of hydrogen-bond acceptors (Lipinski definition) is 4. The van der Waals surface area contributed by atoms with Crippen LogP contribution in [0.4, 0.5) is 5.69 Å². The molecule has 0 saturated heterocycles. The Morgan fingerprint density at radius 3 is 2.48 bits per heavy atom. The van der Waals surface area contributed by atoms with Crippen LogP contribution in [-0.4, -0.2) is 32.1 Å². The second kappa shape index (κ2) is 7.43. The Bertz CT molecular complexity index is 782. The van der Waals surface area contributed by atoms with Gasteiger partial charge in [0.2, 0.25) is 15.9 Å². The van der Waals surface area contributed by atoms with Gasteiger partial charge >= 0.3 is 0 Å². The molecule has 122 valence electrons. The lowest BCUT2D eigenvalue weighted by Crippen LogP contribution is -2.40. The van der Waals surface area contributed by atoms with Crippen LogP contribution in [0.1, 0.15) is 5.56 Å². The van der Waals surface area contributed by atoms with Crippen LogP contribution in [0.25, 0.3) is 0 Å². The Labute approximate surface area is 140 Å². The van der Waals surface area contributed by atoms with Crippen molar-refractivity contribution >= 4 is 33.2 Å². The van der Waals surface area contributed by atoms with Gasteiger partial charge in [0.15, 0.2) is 0 Å². The minimum atomic E-state index is -3.64. The molecule has 23 heavy (non-hydrogen) atoms. The third-order valence-corrected chi connectivity index (χ3v) is 4.49. The van der Waals surface area contributed by atoms with Crippen LogP contribution in [0.5, 0.6) is 0 Å². The SMILES string of the molecule is CS(=O)(=O)N(CC(=O)NCc1ccncc1)c1ccccc1Cl. The van der Waals surface area contributed by atoms with E-state index < -0.39 is 15.9 Å². The molecule has 0 aliphatic rings. The Morgan fingerprint density at radius 1 is 1.22 bits per heavy atom. The smallest absolute Gasteiger partial charge is 0.241 e. The molecule has 1 amide bonds. The number of nitrogens with one attached hydrogen (secondary N) is 1. The number of anilines is 1. The minimum absolute atomic E-state index is 0.264. The Hall–Kier alpha value is -2.12. The fourth-order valence-electron chi connectivity index (χ4n) is 1.92. The second-order valence-corrected chi connectivity index (χ2v) is 7.17. The third kappa shape index (κ3) is 4.94. The van der Waals surface area contributed by atoms with Crippen LogP contribution in [0.2, 0.25) is 5.02 Å². The first-order valence-corrected chi connectivity index (χ1v) is 8.98. The van der Waals surface area contributed by atoms with E-state index in [0.717, 1.165) is 16.1 Å². The number of hydrogen-bond donors (Lipinski definition) is 1. The first-order valence-electron chi connectivity index (χ1n) is 6.76. The first-order chi connectivity index (χ1) is 10.9. The van der Waals surface area contributed by atoms with Gasteiger partial charge in [-0.05, 0) is 29.8 Å². The molecule has 0 fully saturated rings. The van der Waals surface area contributed by atoms with E-state index in [1.807, 2.05) is 0 Å². The van der Waals surface area contributed by atoms with Gasteiger partial charge in [-0.15, -0.1) is 0 Å².